The van der Waals surface area contributed by atoms with Gasteiger partial charge >= 0.3 is 6.97 Å². The summed E-state index contributed by atoms with van der Waals surface area (Å²) in [5.74, 6) is 2.15. The number of methoxy groups -OCH3 is 1. The molecule has 2 aromatic heterocycles. The molecule has 2 aromatic rings. The lowest BCUT2D eigenvalue weighted by Crippen LogP contribution is -2.21. The number of hydrogen-bond donors (Lipinski definition) is 2. The molecule has 4 unspecified atom stereocenters. The standard InChI is InChI=1S/C14H20FN4O5P2S2/c1-20-9-25(27)22-3-2-19-13(18-11-4-16-8-17-14(11)19)7-23-26(28)24-12-6-21-5-10(12)15/h4,8-10,12,27-28H,2-3,5-7H2,1H3/q+1. The summed E-state index contributed by atoms with van der Waals surface area (Å²) in [6.45, 7) is 0.140. The van der Waals surface area contributed by atoms with Crippen molar-refractivity contribution < 1.29 is 27.4 Å². The van der Waals surface area contributed by atoms with Gasteiger partial charge in [0.2, 0.25) is 7.58 Å². The number of hydrogen-bond acceptors (Lipinski definition) is 10. The van der Waals surface area contributed by atoms with Gasteiger partial charge in [-0.05, 0) is 0 Å². The second kappa shape index (κ2) is 11.1. The predicted molar refractivity (Wildman–Crippen MR) is 112 cm³/mol. The molecule has 0 bridgehead atoms. The lowest BCUT2D eigenvalue weighted by molar-refractivity contribution is 0.123. The lowest BCUT2D eigenvalue weighted by atomic mass is 10.3. The van der Waals surface area contributed by atoms with Crippen molar-refractivity contribution >= 4 is 56.2 Å². The maximum absolute atomic E-state index is 13.6. The number of halogens is 1. The SMILES string of the molecule is COC=[P+](S)OCCn1c(COP(S)OC2COCC2F)nc2cncnc21. The van der Waals surface area contributed by atoms with Gasteiger partial charge in [0.05, 0.1) is 26.0 Å². The van der Waals surface area contributed by atoms with E-state index in [1.807, 2.05) is 4.57 Å². The highest BCUT2D eigenvalue weighted by molar-refractivity contribution is 8.42. The summed E-state index contributed by atoms with van der Waals surface area (Å²) in [4.78, 5) is 12.8. The number of fused-ring (bicyclic) bond motifs is 1. The Balaban J connectivity index is 1.63. The summed E-state index contributed by atoms with van der Waals surface area (Å²) in [5.41, 5.74) is 1.30. The van der Waals surface area contributed by atoms with E-state index in [1.54, 1.807) is 13.3 Å². The molecule has 3 rings (SSSR count). The maximum Gasteiger partial charge on any atom is 0.351 e. The van der Waals surface area contributed by atoms with Crippen molar-refractivity contribution in [3.05, 3.63) is 18.3 Å². The fourth-order valence-electron chi connectivity index (χ4n) is 2.48. The highest BCUT2D eigenvalue weighted by Crippen LogP contribution is 2.46. The Kier molecular flexibility index (Phi) is 8.83. The first-order valence-electron chi connectivity index (χ1n) is 8.21. The first kappa shape index (κ1) is 22.3. The topological polar surface area (TPSA) is 89.8 Å². The van der Waals surface area contributed by atoms with Crippen LogP contribution in [0.4, 0.5) is 4.39 Å². The minimum Gasteiger partial charge on any atom is -0.375 e. The number of rotatable bonds is 10. The van der Waals surface area contributed by atoms with Gasteiger partial charge in [-0.1, -0.05) is 12.2 Å². The largest absolute Gasteiger partial charge is 0.375 e. The van der Waals surface area contributed by atoms with E-state index in [0.29, 0.717) is 30.1 Å². The number of ether oxygens (including phenoxy) is 2. The van der Waals surface area contributed by atoms with Crippen LogP contribution in [0.3, 0.4) is 0 Å². The van der Waals surface area contributed by atoms with Gasteiger partial charge in [0.1, 0.15) is 49.2 Å². The molecule has 1 saturated heterocycles. The number of nitrogens with zero attached hydrogens (tertiary/aromatic N) is 4. The highest BCUT2D eigenvalue weighted by Gasteiger charge is 2.31. The molecule has 28 heavy (non-hydrogen) atoms. The van der Waals surface area contributed by atoms with Crippen LogP contribution in [0, 0.1) is 0 Å². The van der Waals surface area contributed by atoms with Gasteiger partial charge in [0.15, 0.2) is 11.8 Å². The van der Waals surface area contributed by atoms with Gasteiger partial charge in [0.25, 0.3) is 5.98 Å². The van der Waals surface area contributed by atoms with Crippen LogP contribution in [0.2, 0.25) is 0 Å². The molecule has 0 saturated carbocycles. The van der Waals surface area contributed by atoms with Crippen molar-refractivity contribution in [2.75, 3.05) is 26.9 Å². The molecule has 154 valence electrons. The fourth-order valence-corrected chi connectivity index (χ4v) is 4.77. The average molecular weight is 469 g/mol. The third-order valence-electron chi connectivity index (χ3n) is 3.72. The molecule has 0 amide bonds. The van der Waals surface area contributed by atoms with Crippen LogP contribution in [-0.2, 0) is 36.2 Å². The van der Waals surface area contributed by atoms with Crippen molar-refractivity contribution in [2.24, 2.45) is 0 Å². The summed E-state index contributed by atoms with van der Waals surface area (Å²) >= 11 is 8.57. The van der Waals surface area contributed by atoms with Crippen LogP contribution >= 0.6 is 39.0 Å². The Morgan fingerprint density at radius 2 is 2.36 bits per heavy atom. The minimum absolute atomic E-state index is 0.0320. The zero-order valence-electron chi connectivity index (χ0n) is 14.9. The normalized spacial score (nSPS) is 21.5. The van der Waals surface area contributed by atoms with E-state index < -0.39 is 26.8 Å². The van der Waals surface area contributed by atoms with Crippen LogP contribution in [0.15, 0.2) is 12.5 Å². The molecule has 1 aliphatic rings. The Bertz CT molecular complexity index is 817. The highest BCUT2D eigenvalue weighted by atomic mass is 32.7. The van der Waals surface area contributed by atoms with Crippen molar-refractivity contribution in [1.82, 2.24) is 19.5 Å². The van der Waals surface area contributed by atoms with E-state index in [1.165, 1.54) is 12.3 Å². The van der Waals surface area contributed by atoms with Crippen LogP contribution in [-0.4, -0.2) is 64.7 Å². The molecule has 14 heteroatoms. The zero-order valence-corrected chi connectivity index (χ0v) is 18.5. The summed E-state index contributed by atoms with van der Waals surface area (Å²) < 4.78 is 42.1. The molecule has 0 aliphatic carbocycles. The fraction of sp³-hybridized carbons (Fsp3) is 0.571. The maximum atomic E-state index is 13.6. The Morgan fingerprint density at radius 3 is 3.11 bits per heavy atom. The van der Waals surface area contributed by atoms with Crippen LogP contribution in [0.25, 0.3) is 11.2 Å². The van der Waals surface area contributed by atoms with Crippen LogP contribution < -0.4 is 0 Å². The Morgan fingerprint density at radius 1 is 1.50 bits per heavy atom. The molecule has 9 nitrogen and oxygen atoms in total. The monoisotopic (exact) mass is 469 g/mol. The van der Waals surface area contributed by atoms with E-state index in [0.717, 1.165) is 0 Å². The smallest absolute Gasteiger partial charge is 0.351 e. The second-order valence-electron chi connectivity index (χ2n) is 5.60. The summed E-state index contributed by atoms with van der Waals surface area (Å²) in [6.07, 6.45) is 1.25. The molecule has 0 spiro atoms. The summed E-state index contributed by atoms with van der Waals surface area (Å²) in [5, 5.41) is 0. The van der Waals surface area contributed by atoms with Gasteiger partial charge in [-0.15, -0.1) is 0 Å². The molecule has 1 fully saturated rings. The van der Waals surface area contributed by atoms with Crippen LogP contribution in [0.1, 0.15) is 5.82 Å². The summed E-state index contributed by atoms with van der Waals surface area (Å²) in [7, 11) is -0.0416. The molecule has 4 atom stereocenters. The van der Waals surface area contributed by atoms with Gasteiger partial charge in [-0.3, -0.25) is 0 Å². The average Bonchev–Trinajstić information content (AvgIpc) is 3.24. The molecule has 0 radical (unpaired) electrons. The number of aromatic nitrogens is 4. The second-order valence-corrected chi connectivity index (χ2v) is 9.78. The lowest BCUT2D eigenvalue weighted by Gasteiger charge is -2.17. The quantitative estimate of drug-likeness (QED) is 0.406. The van der Waals surface area contributed by atoms with Crippen LogP contribution in [0.5, 0.6) is 0 Å². The third-order valence-corrected chi connectivity index (χ3v) is 6.61. The number of alkyl halides is 1. The molecule has 0 N–H and O–H groups in total. The first-order valence-corrected chi connectivity index (χ1v) is 13.0. The van der Waals surface area contributed by atoms with E-state index in [4.69, 9.17) is 23.0 Å². The van der Waals surface area contributed by atoms with Crippen molar-refractivity contribution in [3.8, 4) is 0 Å². The van der Waals surface area contributed by atoms with E-state index >= 15 is 0 Å². The molecule has 0 aromatic carbocycles. The Hall–Kier alpha value is -0.420. The first-order chi connectivity index (χ1) is 13.6. The number of thiol groups is 2. The summed E-state index contributed by atoms with van der Waals surface area (Å²) in [6, 6.07) is 0. The van der Waals surface area contributed by atoms with Gasteiger partial charge in [-0.25, -0.2) is 19.3 Å². The minimum atomic E-state index is -1.59. The molecule has 1 aliphatic heterocycles. The Labute approximate surface area is 174 Å². The van der Waals surface area contributed by atoms with Crippen molar-refractivity contribution in [1.29, 1.82) is 0 Å². The molecular formula is C14H20FN4O5P2S2+. The number of imidazole rings is 1. The predicted octanol–water partition coefficient (Wildman–Crippen LogP) is 2.92. The van der Waals surface area contributed by atoms with Gasteiger partial charge < -0.3 is 23.1 Å². The third kappa shape index (κ3) is 6.04. The van der Waals surface area contributed by atoms with E-state index in [-0.39, 0.29) is 19.8 Å². The van der Waals surface area contributed by atoms with Gasteiger partial charge in [0, 0.05) is 7.11 Å². The van der Waals surface area contributed by atoms with Crippen molar-refractivity contribution in [2.45, 2.75) is 25.4 Å². The molecular weight excluding hydrogens is 449 g/mol. The zero-order chi connectivity index (χ0) is 19.9. The van der Waals surface area contributed by atoms with Crippen molar-refractivity contribution in [3.63, 3.8) is 0 Å². The van der Waals surface area contributed by atoms with Gasteiger partial charge in [-0.2, -0.15) is 4.52 Å². The van der Waals surface area contributed by atoms with E-state index in [2.05, 4.69) is 39.4 Å². The van der Waals surface area contributed by atoms with E-state index in [9.17, 15) is 4.39 Å². The molecule has 3 heterocycles.